The van der Waals surface area contributed by atoms with Gasteiger partial charge in [0.25, 0.3) is 5.91 Å². The zero-order valence-electron chi connectivity index (χ0n) is 17.3. The largest absolute Gasteiger partial charge is 0.466 e. The molecule has 2 aromatic rings. The Kier molecular flexibility index (Phi) is 6.87. The van der Waals surface area contributed by atoms with Crippen LogP contribution in [0, 0.1) is 13.8 Å². The number of pyridine rings is 1. The summed E-state index contributed by atoms with van der Waals surface area (Å²) in [6.45, 7) is 11.1. The molecule has 0 spiro atoms. The summed E-state index contributed by atoms with van der Waals surface area (Å²) in [4.78, 5) is 33.4. The fraction of sp³-hybridized carbons (Fsp3) is 0.476. The SMILES string of the molecule is CCN1CCN(c2ccc(CNC(=O)CNC(=O)c3cc(C)oc3C)cn2)CC1. The van der Waals surface area contributed by atoms with Gasteiger partial charge in [0.05, 0.1) is 12.1 Å². The topological polar surface area (TPSA) is 90.7 Å². The fourth-order valence-corrected chi connectivity index (χ4v) is 3.38. The van der Waals surface area contributed by atoms with Gasteiger partial charge in [-0.15, -0.1) is 0 Å². The van der Waals surface area contributed by atoms with E-state index in [1.807, 2.05) is 12.1 Å². The molecular formula is C21H29N5O3. The van der Waals surface area contributed by atoms with Crippen LogP contribution in [-0.2, 0) is 11.3 Å². The first-order valence-corrected chi connectivity index (χ1v) is 10.0. The number of hydrogen-bond acceptors (Lipinski definition) is 6. The molecule has 2 N–H and O–H groups in total. The molecule has 1 aliphatic rings. The second-order valence-electron chi connectivity index (χ2n) is 7.23. The zero-order chi connectivity index (χ0) is 20.8. The number of furan rings is 1. The quantitative estimate of drug-likeness (QED) is 0.733. The molecule has 1 saturated heterocycles. The first kappa shape index (κ1) is 20.9. The molecule has 1 aliphatic heterocycles. The van der Waals surface area contributed by atoms with Gasteiger partial charge < -0.3 is 24.9 Å². The average Bonchev–Trinajstić information content (AvgIpc) is 3.09. The van der Waals surface area contributed by atoms with Gasteiger partial charge >= 0.3 is 0 Å². The van der Waals surface area contributed by atoms with E-state index in [9.17, 15) is 9.59 Å². The van der Waals surface area contributed by atoms with Crippen LogP contribution >= 0.6 is 0 Å². The molecule has 8 nitrogen and oxygen atoms in total. The Morgan fingerprint density at radius 1 is 1.14 bits per heavy atom. The molecule has 0 aromatic carbocycles. The van der Waals surface area contributed by atoms with Crippen LogP contribution in [0.3, 0.4) is 0 Å². The van der Waals surface area contributed by atoms with Crippen molar-refractivity contribution in [1.82, 2.24) is 20.5 Å². The van der Waals surface area contributed by atoms with Crippen LogP contribution in [0.2, 0.25) is 0 Å². The maximum atomic E-state index is 12.1. The average molecular weight is 399 g/mol. The predicted molar refractivity (Wildman–Crippen MR) is 111 cm³/mol. The number of nitrogens with zero attached hydrogens (tertiary/aromatic N) is 3. The number of likely N-dealkylation sites (N-methyl/N-ethyl adjacent to an activating group) is 1. The highest BCUT2D eigenvalue weighted by Crippen LogP contribution is 2.14. The van der Waals surface area contributed by atoms with Crippen LogP contribution in [0.1, 0.15) is 34.4 Å². The van der Waals surface area contributed by atoms with E-state index in [1.165, 1.54) is 0 Å². The summed E-state index contributed by atoms with van der Waals surface area (Å²) in [5, 5.41) is 5.41. The lowest BCUT2D eigenvalue weighted by Crippen LogP contribution is -2.46. The molecule has 0 atom stereocenters. The second kappa shape index (κ2) is 9.56. The Hall–Kier alpha value is -2.87. The normalized spacial score (nSPS) is 14.7. The molecule has 3 heterocycles. The molecular weight excluding hydrogens is 370 g/mol. The minimum absolute atomic E-state index is 0.0876. The first-order chi connectivity index (χ1) is 14.0. The Labute approximate surface area is 171 Å². The second-order valence-corrected chi connectivity index (χ2v) is 7.23. The third kappa shape index (κ3) is 5.57. The van der Waals surface area contributed by atoms with Crippen molar-refractivity contribution in [3.63, 3.8) is 0 Å². The maximum absolute atomic E-state index is 12.1. The predicted octanol–water partition coefficient (Wildman–Crippen LogP) is 1.48. The zero-order valence-corrected chi connectivity index (χ0v) is 17.3. The summed E-state index contributed by atoms with van der Waals surface area (Å²) in [5.41, 5.74) is 1.37. The van der Waals surface area contributed by atoms with Gasteiger partial charge in [0.15, 0.2) is 0 Å². The first-order valence-electron chi connectivity index (χ1n) is 10.0. The number of hydrogen-bond donors (Lipinski definition) is 2. The van der Waals surface area contributed by atoms with Gasteiger partial charge in [-0.05, 0) is 38.1 Å². The molecule has 0 unspecified atom stereocenters. The molecule has 156 valence electrons. The lowest BCUT2D eigenvalue weighted by Gasteiger charge is -2.34. The van der Waals surface area contributed by atoms with E-state index in [0.29, 0.717) is 23.6 Å². The highest BCUT2D eigenvalue weighted by Gasteiger charge is 2.17. The Balaban J connectivity index is 1.42. The van der Waals surface area contributed by atoms with Crippen molar-refractivity contribution in [1.29, 1.82) is 0 Å². The third-order valence-corrected chi connectivity index (χ3v) is 5.14. The van der Waals surface area contributed by atoms with Gasteiger partial charge in [0.1, 0.15) is 17.3 Å². The molecule has 0 radical (unpaired) electrons. The number of nitrogens with one attached hydrogen (secondary N) is 2. The van der Waals surface area contributed by atoms with E-state index in [0.717, 1.165) is 44.1 Å². The van der Waals surface area contributed by atoms with Crippen molar-refractivity contribution in [3.8, 4) is 0 Å². The molecule has 2 aromatic heterocycles. The van der Waals surface area contributed by atoms with E-state index >= 15 is 0 Å². The summed E-state index contributed by atoms with van der Waals surface area (Å²) < 4.78 is 5.34. The van der Waals surface area contributed by atoms with Gasteiger partial charge in [-0.3, -0.25) is 9.59 Å². The Bertz CT molecular complexity index is 839. The number of anilines is 1. The van der Waals surface area contributed by atoms with Gasteiger partial charge in [-0.1, -0.05) is 13.0 Å². The smallest absolute Gasteiger partial charge is 0.255 e. The van der Waals surface area contributed by atoms with E-state index in [1.54, 1.807) is 26.1 Å². The summed E-state index contributed by atoms with van der Waals surface area (Å²) in [6.07, 6.45) is 1.79. The molecule has 0 aliphatic carbocycles. The van der Waals surface area contributed by atoms with Crippen molar-refractivity contribution in [3.05, 3.63) is 47.0 Å². The van der Waals surface area contributed by atoms with Crippen molar-refractivity contribution in [2.24, 2.45) is 0 Å². The van der Waals surface area contributed by atoms with Crippen LogP contribution in [0.25, 0.3) is 0 Å². The van der Waals surface area contributed by atoms with Crippen LogP contribution in [0.5, 0.6) is 0 Å². The minimum atomic E-state index is -0.316. The van der Waals surface area contributed by atoms with Crippen molar-refractivity contribution in [2.45, 2.75) is 27.3 Å². The number of rotatable bonds is 7. The Morgan fingerprint density at radius 3 is 2.48 bits per heavy atom. The number of carbonyl (C=O) groups is 2. The highest BCUT2D eigenvalue weighted by molar-refractivity contribution is 5.97. The standard InChI is InChI=1S/C21H29N5O3/c1-4-25-7-9-26(10-8-25)19-6-5-17(12-22-19)13-23-20(27)14-24-21(28)18-11-15(2)29-16(18)3/h5-6,11-12H,4,7-10,13-14H2,1-3H3,(H,23,27)(H,24,28). The van der Waals surface area contributed by atoms with Gasteiger partial charge in [0.2, 0.25) is 5.91 Å². The van der Waals surface area contributed by atoms with Crippen LogP contribution < -0.4 is 15.5 Å². The molecule has 0 bridgehead atoms. The lowest BCUT2D eigenvalue weighted by atomic mass is 10.2. The third-order valence-electron chi connectivity index (χ3n) is 5.14. The molecule has 3 rings (SSSR count). The molecule has 29 heavy (non-hydrogen) atoms. The summed E-state index contributed by atoms with van der Waals surface area (Å²) >= 11 is 0. The van der Waals surface area contributed by atoms with Gasteiger partial charge in [0, 0.05) is 38.9 Å². The number of aromatic nitrogens is 1. The number of piperazine rings is 1. The Morgan fingerprint density at radius 2 is 1.90 bits per heavy atom. The molecule has 8 heteroatoms. The van der Waals surface area contributed by atoms with Crippen LogP contribution in [-0.4, -0.2) is 61.0 Å². The molecule has 1 fully saturated rings. The van der Waals surface area contributed by atoms with Crippen molar-refractivity contribution >= 4 is 17.6 Å². The fourth-order valence-electron chi connectivity index (χ4n) is 3.38. The number of aryl methyl sites for hydroxylation is 2. The summed E-state index contributed by atoms with van der Waals surface area (Å²) in [6, 6.07) is 5.64. The van der Waals surface area contributed by atoms with Gasteiger partial charge in [-0.25, -0.2) is 4.98 Å². The molecule has 0 saturated carbocycles. The number of amides is 2. The van der Waals surface area contributed by atoms with Crippen molar-refractivity contribution < 1.29 is 14.0 Å². The van der Waals surface area contributed by atoms with E-state index in [4.69, 9.17) is 4.42 Å². The monoisotopic (exact) mass is 399 g/mol. The van der Waals surface area contributed by atoms with Crippen molar-refractivity contribution in [2.75, 3.05) is 44.2 Å². The highest BCUT2D eigenvalue weighted by atomic mass is 16.3. The summed E-state index contributed by atoms with van der Waals surface area (Å²) in [5.74, 6) is 1.61. The van der Waals surface area contributed by atoms with E-state index in [2.05, 4.69) is 32.3 Å². The van der Waals surface area contributed by atoms with E-state index in [-0.39, 0.29) is 18.4 Å². The lowest BCUT2D eigenvalue weighted by molar-refractivity contribution is -0.120. The van der Waals surface area contributed by atoms with Crippen LogP contribution in [0.4, 0.5) is 5.82 Å². The van der Waals surface area contributed by atoms with Gasteiger partial charge in [-0.2, -0.15) is 0 Å². The van der Waals surface area contributed by atoms with E-state index < -0.39 is 0 Å². The van der Waals surface area contributed by atoms with Crippen LogP contribution in [0.15, 0.2) is 28.8 Å². The summed E-state index contributed by atoms with van der Waals surface area (Å²) in [7, 11) is 0. The number of carbonyl (C=O) groups excluding carboxylic acids is 2. The minimum Gasteiger partial charge on any atom is -0.466 e. The molecule has 2 amide bonds. The maximum Gasteiger partial charge on any atom is 0.255 e.